The van der Waals surface area contributed by atoms with Crippen LogP contribution in [0.25, 0.3) is 0 Å². The van der Waals surface area contributed by atoms with Crippen LogP contribution in [0.2, 0.25) is 5.02 Å². The molecule has 0 aliphatic heterocycles. The Bertz CT molecular complexity index is 776. The predicted molar refractivity (Wildman–Crippen MR) is 99.6 cm³/mol. The SMILES string of the molecule is CN(C)C(=O)c1ccc(NC(=S)NC(=O)c2ccccc2Cl)cc1. The van der Waals surface area contributed by atoms with Crippen molar-refractivity contribution in [2.75, 3.05) is 19.4 Å². The topological polar surface area (TPSA) is 61.4 Å². The molecule has 0 saturated heterocycles. The second-order valence-corrected chi connectivity index (χ2v) is 5.98. The number of carbonyl (C=O) groups excluding carboxylic acids is 2. The summed E-state index contributed by atoms with van der Waals surface area (Å²) in [6, 6.07) is 13.5. The van der Waals surface area contributed by atoms with Crippen LogP contribution in [0, 0.1) is 0 Å². The first-order valence-electron chi connectivity index (χ1n) is 7.07. The molecule has 0 fully saturated rings. The first-order valence-corrected chi connectivity index (χ1v) is 7.85. The molecule has 2 aromatic carbocycles. The van der Waals surface area contributed by atoms with Crippen molar-refractivity contribution in [1.29, 1.82) is 0 Å². The molecule has 0 unspecified atom stereocenters. The van der Waals surface area contributed by atoms with Crippen molar-refractivity contribution in [3.8, 4) is 0 Å². The molecule has 0 radical (unpaired) electrons. The van der Waals surface area contributed by atoms with E-state index in [0.29, 0.717) is 21.8 Å². The Labute approximate surface area is 150 Å². The summed E-state index contributed by atoms with van der Waals surface area (Å²) in [5.74, 6) is -0.478. The number of thiocarbonyl (C=S) groups is 1. The Morgan fingerprint density at radius 3 is 2.25 bits per heavy atom. The third-order valence-corrected chi connectivity index (χ3v) is 3.68. The molecule has 2 rings (SSSR count). The number of nitrogens with one attached hydrogen (secondary N) is 2. The van der Waals surface area contributed by atoms with Gasteiger partial charge in [0.15, 0.2) is 5.11 Å². The summed E-state index contributed by atoms with van der Waals surface area (Å²) in [6.07, 6.45) is 0. The summed E-state index contributed by atoms with van der Waals surface area (Å²) >= 11 is 11.1. The van der Waals surface area contributed by atoms with Gasteiger partial charge >= 0.3 is 0 Å². The standard InChI is InChI=1S/C17H16ClN3O2S/c1-21(2)16(23)11-7-9-12(10-8-11)19-17(24)20-15(22)13-5-3-4-6-14(13)18/h3-10H,1-2H3,(H2,19,20,22,24). The maximum atomic E-state index is 12.1. The van der Waals surface area contributed by atoms with Crippen molar-refractivity contribution < 1.29 is 9.59 Å². The first-order chi connectivity index (χ1) is 11.4. The number of anilines is 1. The molecule has 2 amide bonds. The van der Waals surface area contributed by atoms with Gasteiger partial charge < -0.3 is 10.2 Å². The summed E-state index contributed by atoms with van der Waals surface area (Å²) in [4.78, 5) is 25.4. The number of benzene rings is 2. The normalized spacial score (nSPS) is 9.96. The van der Waals surface area contributed by atoms with Gasteiger partial charge in [-0.2, -0.15) is 0 Å². The maximum absolute atomic E-state index is 12.1. The summed E-state index contributed by atoms with van der Waals surface area (Å²) in [7, 11) is 3.38. The summed E-state index contributed by atoms with van der Waals surface area (Å²) < 4.78 is 0. The van der Waals surface area contributed by atoms with Gasteiger partial charge in [0.2, 0.25) is 0 Å². The first kappa shape index (κ1) is 17.9. The Morgan fingerprint density at radius 2 is 1.67 bits per heavy atom. The molecule has 0 aliphatic carbocycles. The molecule has 124 valence electrons. The minimum atomic E-state index is -0.391. The highest BCUT2D eigenvalue weighted by Crippen LogP contribution is 2.15. The molecule has 0 aromatic heterocycles. The van der Waals surface area contributed by atoms with Crippen LogP contribution >= 0.6 is 23.8 Å². The molecule has 0 heterocycles. The van der Waals surface area contributed by atoms with Gasteiger partial charge in [0.1, 0.15) is 0 Å². The number of amides is 2. The lowest BCUT2D eigenvalue weighted by Crippen LogP contribution is -2.34. The molecule has 0 saturated carbocycles. The molecular weight excluding hydrogens is 346 g/mol. The Kier molecular flexibility index (Phi) is 5.89. The number of nitrogens with zero attached hydrogens (tertiary/aromatic N) is 1. The molecular formula is C17H16ClN3O2S. The largest absolute Gasteiger partial charge is 0.345 e. The third kappa shape index (κ3) is 4.53. The second kappa shape index (κ2) is 7.90. The molecule has 0 spiro atoms. The molecule has 7 heteroatoms. The van der Waals surface area contributed by atoms with E-state index in [1.54, 1.807) is 62.6 Å². The fourth-order valence-electron chi connectivity index (χ4n) is 1.93. The van der Waals surface area contributed by atoms with Crippen molar-refractivity contribution >= 4 is 46.4 Å². The van der Waals surface area contributed by atoms with Gasteiger partial charge in [0, 0.05) is 25.3 Å². The fourth-order valence-corrected chi connectivity index (χ4v) is 2.36. The van der Waals surface area contributed by atoms with Gasteiger partial charge in [-0.25, -0.2) is 0 Å². The predicted octanol–water partition coefficient (Wildman–Crippen LogP) is 3.17. The van der Waals surface area contributed by atoms with Crippen LogP contribution in [0.3, 0.4) is 0 Å². The van der Waals surface area contributed by atoms with Crippen LogP contribution in [0.1, 0.15) is 20.7 Å². The quantitative estimate of drug-likeness (QED) is 0.824. The zero-order chi connectivity index (χ0) is 17.7. The van der Waals surface area contributed by atoms with E-state index in [1.165, 1.54) is 4.90 Å². The molecule has 5 nitrogen and oxygen atoms in total. The van der Waals surface area contributed by atoms with E-state index >= 15 is 0 Å². The smallest absolute Gasteiger partial charge is 0.258 e. The highest BCUT2D eigenvalue weighted by molar-refractivity contribution is 7.80. The maximum Gasteiger partial charge on any atom is 0.258 e. The molecule has 0 bridgehead atoms. The van der Waals surface area contributed by atoms with Crippen LogP contribution in [-0.2, 0) is 0 Å². The Hall–Kier alpha value is -2.44. The van der Waals surface area contributed by atoms with Gasteiger partial charge in [-0.3, -0.25) is 14.9 Å². The minimum Gasteiger partial charge on any atom is -0.345 e. The van der Waals surface area contributed by atoms with Crippen molar-refractivity contribution in [3.05, 3.63) is 64.7 Å². The summed E-state index contributed by atoms with van der Waals surface area (Å²) in [5.41, 5.74) is 1.57. The zero-order valence-electron chi connectivity index (χ0n) is 13.2. The van der Waals surface area contributed by atoms with Crippen LogP contribution in [0.4, 0.5) is 5.69 Å². The van der Waals surface area contributed by atoms with E-state index in [0.717, 1.165) is 0 Å². The number of rotatable bonds is 3. The number of carbonyl (C=O) groups is 2. The van der Waals surface area contributed by atoms with Crippen molar-refractivity contribution in [2.24, 2.45) is 0 Å². The molecule has 2 N–H and O–H groups in total. The fraction of sp³-hybridized carbons (Fsp3) is 0.118. The average Bonchev–Trinajstić information content (AvgIpc) is 2.55. The zero-order valence-corrected chi connectivity index (χ0v) is 14.7. The highest BCUT2D eigenvalue weighted by Gasteiger charge is 2.12. The van der Waals surface area contributed by atoms with E-state index < -0.39 is 5.91 Å². The second-order valence-electron chi connectivity index (χ2n) is 5.17. The minimum absolute atomic E-state index is 0.0869. The van der Waals surface area contributed by atoms with Crippen molar-refractivity contribution in [3.63, 3.8) is 0 Å². The Balaban J connectivity index is 1.99. The number of halogens is 1. The van der Waals surface area contributed by atoms with Crippen LogP contribution in [-0.4, -0.2) is 35.9 Å². The lowest BCUT2D eigenvalue weighted by molar-refractivity contribution is 0.0827. The van der Waals surface area contributed by atoms with Crippen LogP contribution < -0.4 is 10.6 Å². The molecule has 0 atom stereocenters. The lowest BCUT2D eigenvalue weighted by atomic mass is 10.2. The van der Waals surface area contributed by atoms with Gasteiger partial charge in [-0.05, 0) is 48.6 Å². The Morgan fingerprint density at radius 1 is 1.04 bits per heavy atom. The van der Waals surface area contributed by atoms with Crippen molar-refractivity contribution in [2.45, 2.75) is 0 Å². The number of hydrogen-bond donors (Lipinski definition) is 2. The third-order valence-electron chi connectivity index (χ3n) is 3.14. The monoisotopic (exact) mass is 361 g/mol. The highest BCUT2D eigenvalue weighted by atomic mass is 35.5. The average molecular weight is 362 g/mol. The van der Waals surface area contributed by atoms with Crippen LogP contribution in [0.15, 0.2) is 48.5 Å². The van der Waals surface area contributed by atoms with Crippen LogP contribution in [0.5, 0.6) is 0 Å². The molecule has 0 aliphatic rings. The van der Waals surface area contributed by atoms with E-state index in [9.17, 15) is 9.59 Å². The van der Waals surface area contributed by atoms with E-state index in [4.69, 9.17) is 23.8 Å². The van der Waals surface area contributed by atoms with Gasteiger partial charge in [0.25, 0.3) is 11.8 Å². The van der Waals surface area contributed by atoms with Crippen molar-refractivity contribution in [1.82, 2.24) is 10.2 Å². The molecule has 24 heavy (non-hydrogen) atoms. The van der Waals surface area contributed by atoms with E-state index in [-0.39, 0.29) is 11.0 Å². The summed E-state index contributed by atoms with van der Waals surface area (Å²) in [5, 5.41) is 5.95. The van der Waals surface area contributed by atoms with Gasteiger partial charge in [0.05, 0.1) is 10.6 Å². The molecule has 2 aromatic rings. The van der Waals surface area contributed by atoms with Gasteiger partial charge in [-0.15, -0.1) is 0 Å². The summed E-state index contributed by atoms with van der Waals surface area (Å²) in [6.45, 7) is 0. The van der Waals surface area contributed by atoms with E-state index in [1.807, 2.05) is 0 Å². The number of hydrogen-bond acceptors (Lipinski definition) is 3. The lowest BCUT2D eigenvalue weighted by Gasteiger charge is -2.12. The van der Waals surface area contributed by atoms with E-state index in [2.05, 4.69) is 10.6 Å². The van der Waals surface area contributed by atoms with Gasteiger partial charge in [-0.1, -0.05) is 23.7 Å².